The normalized spacial score (nSPS) is 11.3. The van der Waals surface area contributed by atoms with Crippen molar-refractivity contribution in [1.82, 2.24) is 9.97 Å². The van der Waals surface area contributed by atoms with Crippen molar-refractivity contribution in [2.75, 3.05) is 12.8 Å². The molecule has 2 aromatic rings. The summed E-state index contributed by atoms with van der Waals surface area (Å²) in [5.41, 5.74) is 4.97. The van der Waals surface area contributed by atoms with Crippen LogP contribution >= 0.6 is 0 Å². The predicted molar refractivity (Wildman–Crippen MR) is 72.0 cm³/mol. The van der Waals surface area contributed by atoms with Crippen LogP contribution in [0.15, 0.2) is 30.5 Å². The first-order chi connectivity index (χ1) is 10.3. The van der Waals surface area contributed by atoms with E-state index in [9.17, 15) is 18.0 Å². The lowest BCUT2D eigenvalue weighted by Crippen LogP contribution is -2.12. The number of aromatic nitrogens is 2. The maximum absolute atomic E-state index is 12.9. The number of nitrogen functional groups attached to an aromatic ring is 1. The lowest BCUT2D eigenvalue weighted by molar-refractivity contribution is -0.138. The topological polar surface area (TPSA) is 78.1 Å². The molecule has 2 rings (SSSR count). The van der Waals surface area contributed by atoms with Gasteiger partial charge in [-0.05, 0) is 24.3 Å². The molecule has 0 aliphatic heterocycles. The number of hydrogen-bond acceptors (Lipinski definition) is 5. The molecule has 0 radical (unpaired) electrons. The maximum atomic E-state index is 12.9. The molecule has 0 atom stereocenters. The van der Waals surface area contributed by atoms with E-state index in [1.165, 1.54) is 31.5 Å². The molecule has 5 nitrogen and oxygen atoms in total. The molecule has 0 fully saturated rings. The Balaban J connectivity index is 2.33. The smallest absolute Gasteiger partial charge is 0.418 e. The molecule has 0 spiro atoms. The van der Waals surface area contributed by atoms with Crippen LogP contribution in [0.1, 0.15) is 27.3 Å². The van der Waals surface area contributed by atoms with Crippen molar-refractivity contribution in [1.29, 1.82) is 0 Å². The zero-order chi connectivity index (χ0) is 16.3. The Bertz CT molecular complexity index is 702. The van der Waals surface area contributed by atoms with E-state index in [-0.39, 0.29) is 29.2 Å². The van der Waals surface area contributed by atoms with Gasteiger partial charge in [0.1, 0.15) is 11.4 Å². The molecule has 0 unspecified atom stereocenters. The number of esters is 1. The van der Waals surface area contributed by atoms with Gasteiger partial charge >= 0.3 is 12.1 Å². The van der Waals surface area contributed by atoms with Crippen molar-refractivity contribution < 1.29 is 22.7 Å². The highest BCUT2D eigenvalue weighted by Gasteiger charge is 2.33. The number of carbonyl (C=O) groups excluding carboxylic acids is 1. The van der Waals surface area contributed by atoms with E-state index in [4.69, 9.17) is 5.73 Å². The second kappa shape index (κ2) is 6.00. The Morgan fingerprint density at radius 1 is 1.32 bits per heavy atom. The average Bonchev–Trinajstić information content (AvgIpc) is 2.46. The molecular formula is C14H12F3N3O2. The summed E-state index contributed by atoms with van der Waals surface area (Å²) in [4.78, 5) is 19.1. The molecule has 0 amide bonds. The minimum Gasteiger partial charge on any atom is -0.465 e. The van der Waals surface area contributed by atoms with Gasteiger partial charge in [0.15, 0.2) is 0 Å². The molecule has 0 aromatic carbocycles. The Kier molecular flexibility index (Phi) is 4.30. The highest BCUT2D eigenvalue weighted by atomic mass is 19.4. The summed E-state index contributed by atoms with van der Waals surface area (Å²) in [5.74, 6) is -0.765. The number of carbonyl (C=O) groups is 1. The van der Waals surface area contributed by atoms with E-state index in [2.05, 4.69) is 14.7 Å². The molecule has 0 bridgehead atoms. The Labute approximate surface area is 123 Å². The monoisotopic (exact) mass is 311 g/mol. The molecule has 0 aliphatic carbocycles. The first-order valence-corrected chi connectivity index (χ1v) is 6.17. The molecule has 2 aromatic heterocycles. The lowest BCUT2D eigenvalue weighted by Gasteiger charge is -2.11. The quantitative estimate of drug-likeness (QED) is 0.881. The van der Waals surface area contributed by atoms with Crippen molar-refractivity contribution in [3.63, 3.8) is 0 Å². The van der Waals surface area contributed by atoms with Crippen LogP contribution in [0.2, 0.25) is 0 Å². The van der Waals surface area contributed by atoms with Crippen molar-refractivity contribution in [2.45, 2.75) is 12.6 Å². The highest BCUT2D eigenvalue weighted by molar-refractivity contribution is 5.93. The van der Waals surface area contributed by atoms with Gasteiger partial charge in [0.2, 0.25) is 0 Å². The number of nitrogens with zero attached hydrogens (tertiary/aromatic N) is 2. The molecule has 2 heterocycles. The summed E-state index contributed by atoms with van der Waals surface area (Å²) in [7, 11) is 1.19. The third-order valence-corrected chi connectivity index (χ3v) is 2.93. The van der Waals surface area contributed by atoms with Crippen LogP contribution in [0.25, 0.3) is 0 Å². The van der Waals surface area contributed by atoms with Crippen LogP contribution < -0.4 is 5.73 Å². The fourth-order valence-corrected chi connectivity index (χ4v) is 1.91. The first-order valence-electron chi connectivity index (χ1n) is 6.17. The third kappa shape index (κ3) is 3.33. The number of methoxy groups -OCH3 is 1. The van der Waals surface area contributed by atoms with Crippen LogP contribution in [0.5, 0.6) is 0 Å². The highest BCUT2D eigenvalue weighted by Crippen LogP contribution is 2.31. The van der Waals surface area contributed by atoms with Gasteiger partial charge in [-0.3, -0.25) is 4.98 Å². The second-order valence-electron chi connectivity index (χ2n) is 4.40. The zero-order valence-corrected chi connectivity index (χ0v) is 11.5. The summed E-state index contributed by atoms with van der Waals surface area (Å²) < 4.78 is 43.2. The van der Waals surface area contributed by atoms with Crippen LogP contribution in [-0.2, 0) is 17.3 Å². The van der Waals surface area contributed by atoms with Gasteiger partial charge in [-0.15, -0.1) is 0 Å². The summed E-state index contributed by atoms with van der Waals surface area (Å²) in [6, 6.07) is 4.94. The van der Waals surface area contributed by atoms with E-state index >= 15 is 0 Å². The summed E-state index contributed by atoms with van der Waals surface area (Å²) in [6.45, 7) is 0. The standard InChI is InChI=1S/C14H12F3N3O2/c1-22-13(21)9-5-4-8(20-12(9)18)7-11-10(14(15,16)17)3-2-6-19-11/h2-6H,7H2,1H3,(H2,18,20). The molecule has 8 heteroatoms. The average molecular weight is 311 g/mol. The zero-order valence-electron chi connectivity index (χ0n) is 11.5. The van der Waals surface area contributed by atoms with Crippen LogP contribution in [0, 0.1) is 0 Å². The number of ether oxygens (including phenoxy) is 1. The Morgan fingerprint density at radius 2 is 2.05 bits per heavy atom. The third-order valence-electron chi connectivity index (χ3n) is 2.93. The number of alkyl halides is 3. The van der Waals surface area contributed by atoms with Crippen LogP contribution in [0.4, 0.5) is 19.0 Å². The van der Waals surface area contributed by atoms with Gasteiger partial charge in [0, 0.05) is 18.3 Å². The Morgan fingerprint density at radius 3 is 2.64 bits per heavy atom. The first kappa shape index (κ1) is 15.7. The van der Waals surface area contributed by atoms with E-state index in [1.807, 2.05) is 0 Å². The van der Waals surface area contributed by atoms with Crippen molar-refractivity contribution in [3.05, 3.63) is 53.0 Å². The van der Waals surface area contributed by atoms with Crippen molar-refractivity contribution in [3.8, 4) is 0 Å². The number of halogens is 3. The van der Waals surface area contributed by atoms with E-state index < -0.39 is 17.7 Å². The minimum atomic E-state index is -4.50. The fourth-order valence-electron chi connectivity index (χ4n) is 1.91. The van der Waals surface area contributed by atoms with Crippen molar-refractivity contribution in [2.24, 2.45) is 0 Å². The molecule has 0 saturated heterocycles. The predicted octanol–water partition coefficient (Wildman–Crippen LogP) is 2.46. The summed E-state index contributed by atoms with van der Waals surface area (Å²) in [6.07, 6.45) is -3.38. The maximum Gasteiger partial charge on any atom is 0.418 e. The lowest BCUT2D eigenvalue weighted by atomic mass is 10.1. The van der Waals surface area contributed by atoms with E-state index in [0.717, 1.165) is 6.07 Å². The van der Waals surface area contributed by atoms with Gasteiger partial charge in [-0.25, -0.2) is 9.78 Å². The molecule has 0 aliphatic rings. The molecule has 2 N–H and O–H groups in total. The van der Waals surface area contributed by atoms with Gasteiger partial charge in [-0.1, -0.05) is 0 Å². The van der Waals surface area contributed by atoms with E-state index in [0.29, 0.717) is 0 Å². The number of anilines is 1. The molecular weight excluding hydrogens is 299 g/mol. The van der Waals surface area contributed by atoms with Crippen LogP contribution in [0.3, 0.4) is 0 Å². The van der Waals surface area contributed by atoms with Gasteiger partial charge in [0.25, 0.3) is 0 Å². The summed E-state index contributed by atoms with van der Waals surface area (Å²) >= 11 is 0. The Hall–Kier alpha value is -2.64. The molecule has 22 heavy (non-hydrogen) atoms. The molecule has 0 saturated carbocycles. The van der Waals surface area contributed by atoms with Crippen LogP contribution in [-0.4, -0.2) is 23.0 Å². The van der Waals surface area contributed by atoms with Crippen molar-refractivity contribution >= 4 is 11.8 Å². The number of rotatable bonds is 3. The number of pyridine rings is 2. The second-order valence-corrected chi connectivity index (χ2v) is 4.40. The van der Waals surface area contributed by atoms with Gasteiger partial charge in [0.05, 0.1) is 18.4 Å². The SMILES string of the molecule is COC(=O)c1ccc(Cc2ncccc2C(F)(F)F)nc1N. The largest absolute Gasteiger partial charge is 0.465 e. The molecule has 116 valence electrons. The minimum absolute atomic E-state index is 0.0586. The summed E-state index contributed by atoms with van der Waals surface area (Å²) in [5, 5.41) is 0. The van der Waals surface area contributed by atoms with E-state index in [1.54, 1.807) is 0 Å². The fraction of sp³-hybridized carbons (Fsp3) is 0.214. The number of hydrogen-bond donors (Lipinski definition) is 1. The van der Waals surface area contributed by atoms with Gasteiger partial charge in [-0.2, -0.15) is 13.2 Å². The van der Waals surface area contributed by atoms with Gasteiger partial charge < -0.3 is 10.5 Å². The number of nitrogens with two attached hydrogens (primary N) is 1.